The zero-order chi connectivity index (χ0) is 13.1. The minimum atomic E-state index is -0.459. The van der Waals surface area contributed by atoms with Gasteiger partial charge in [0, 0.05) is 6.42 Å². The standard InChI is InChI=1S/C13H20N2O3/c14-13(10-16)9-15-18-8-4-7-17-11-12-5-2-1-3-6-12/h1-3,5-6,9,13,16H,4,7-8,10-11,14H2/b15-9+. The molecule has 0 radical (unpaired) electrons. The van der Waals surface area contributed by atoms with Crippen LogP contribution in [0.2, 0.25) is 0 Å². The molecule has 3 N–H and O–H groups in total. The highest BCUT2D eigenvalue weighted by atomic mass is 16.6. The van der Waals surface area contributed by atoms with Crippen LogP contribution in [0.3, 0.4) is 0 Å². The second kappa shape index (κ2) is 9.58. The highest BCUT2D eigenvalue weighted by molar-refractivity contribution is 5.63. The molecule has 1 aromatic rings. The van der Waals surface area contributed by atoms with Crippen LogP contribution in [0.1, 0.15) is 12.0 Å². The van der Waals surface area contributed by atoms with Gasteiger partial charge in [-0.2, -0.15) is 0 Å². The van der Waals surface area contributed by atoms with Gasteiger partial charge in [-0.1, -0.05) is 35.5 Å². The van der Waals surface area contributed by atoms with Crippen molar-refractivity contribution in [1.82, 2.24) is 0 Å². The second-order valence-electron chi connectivity index (χ2n) is 3.83. The van der Waals surface area contributed by atoms with Gasteiger partial charge in [0.05, 0.1) is 32.1 Å². The Labute approximate surface area is 107 Å². The van der Waals surface area contributed by atoms with Crippen LogP contribution in [0.5, 0.6) is 0 Å². The van der Waals surface area contributed by atoms with Crippen molar-refractivity contribution in [2.24, 2.45) is 10.9 Å². The van der Waals surface area contributed by atoms with Crippen LogP contribution in [0.15, 0.2) is 35.5 Å². The van der Waals surface area contributed by atoms with Crippen LogP contribution in [0.4, 0.5) is 0 Å². The molecule has 5 heteroatoms. The van der Waals surface area contributed by atoms with Gasteiger partial charge < -0.3 is 20.4 Å². The van der Waals surface area contributed by atoms with E-state index in [4.69, 9.17) is 20.4 Å². The summed E-state index contributed by atoms with van der Waals surface area (Å²) in [7, 11) is 0. The fourth-order valence-corrected chi connectivity index (χ4v) is 1.21. The van der Waals surface area contributed by atoms with E-state index in [9.17, 15) is 0 Å². The lowest BCUT2D eigenvalue weighted by Crippen LogP contribution is -2.25. The Balaban J connectivity index is 1.95. The molecule has 100 valence electrons. The summed E-state index contributed by atoms with van der Waals surface area (Å²) in [6.07, 6.45) is 2.14. The third-order valence-electron chi connectivity index (χ3n) is 2.17. The average Bonchev–Trinajstić information content (AvgIpc) is 2.42. The summed E-state index contributed by atoms with van der Waals surface area (Å²) < 4.78 is 5.47. The van der Waals surface area contributed by atoms with Crippen LogP contribution in [-0.2, 0) is 16.2 Å². The van der Waals surface area contributed by atoms with Crippen molar-refractivity contribution in [2.75, 3.05) is 19.8 Å². The van der Waals surface area contributed by atoms with Crippen LogP contribution in [-0.4, -0.2) is 37.2 Å². The maximum atomic E-state index is 8.62. The number of nitrogens with two attached hydrogens (primary N) is 1. The summed E-state index contributed by atoms with van der Waals surface area (Å²) in [5, 5.41) is 12.3. The number of aliphatic hydroxyl groups is 1. The van der Waals surface area contributed by atoms with Crippen LogP contribution in [0, 0.1) is 0 Å². The van der Waals surface area contributed by atoms with Gasteiger partial charge in [0.15, 0.2) is 0 Å². The number of rotatable bonds is 9. The molecule has 1 unspecified atom stereocenters. The van der Waals surface area contributed by atoms with E-state index in [0.717, 1.165) is 12.0 Å². The van der Waals surface area contributed by atoms with Gasteiger partial charge in [-0.15, -0.1) is 0 Å². The molecule has 0 aliphatic heterocycles. The number of oxime groups is 1. The van der Waals surface area contributed by atoms with Crippen molar-refractivity contribution in [1.29, 1.82) is 0 Å². The molecular weight excluding hydrogens is 232 g/mol. The van der Waals surface area contributed by atoms with Crippen LogP contribution < -0.4 is 5.73 Å². The number of hydrogen-bond donors (Lipinski definition) is 2. The first-order valence-electron chi connectivity index (χ1n) is 5.96. The van der Waals surface area contributed by atoms with Gasteiger partial charge >= 0.3 is 0 Å². The van der Waals surface area contributed by atoms with Crippen molar-refractivity contribution in [3.05, 3.63) is 35.9 Å². The number of ether oxygens (including phenoxy) is 1. The predicted octanol–water partition coefficient (Wildman–Crippen LogP) is 0.915. The molecule has 0 aliphatic rings. The fourth-order valence-electron chi connectivity index (χ4n) is 1.21. The Morgan fingerprint density at radius 3 is 2.78 bits per heavy atom. The van der Waals surface area contributed by atoms with E-state index in [2.05, 4.69) is 5.16 Å². The van der Waals surface area contributed by atoms with Gasteiger partial charge in [-0.3, -0.25) is 0 Å². The molecule has 1 atom stereocenters. The molecule has 0 heterocycles. The lowest BCUT2D eigenvalue weighted by Gasteiger charge is -2.04. The van der Waals surface area contributed by atoms with Crippen molar-refractivity contribution < 1.29 is 14.7 Å². The molecule has 18 heavy (non-hydrogen) atoms. The Hall–Kier alpha value is -1.43. The van der Waals surface area contributed by atoms with Gasteiger partial charge in [0.2, 0.25) is 0 Å². The first-order chi connectivity index (χ1) is 8.83. The smallest absolute Gasteiger partial charge is 0.119 e. The molecule has 0 saturated heterocycles. The molecule has 0 amide bonds. The van der Waals surface area contributed by atoms with Crippen molar-refractivity contribution in [2.45, 2.75) is 19.1 Å². The first kappa shape index (κ1) is 14.6. The van der Waals surface area contributed by atoms with Crippen molar-refractivity contribution >= 4 is 6.21 Å². The molecule has 0 spiro atoms. The summed E-state index contributed by atoms with van der Waals surface area (Å²) in [5.41, 5.74) is 6.55. The fraction of sp³-hybridized carbons (Fsp3) is 0.462. The third-order valence-corrected chi connectivity index (χ3v) is 2.17. The van der Waals surface area contributed by atoms with Crippen LogP contribution >= 0.6 is 0 Å². The minimum absolute atomic E-state index is 0.132. The molecule has 0 fully saturated rings. The normalized spacial score (nSPS) is 12.8. The summed E-state index contributed by atoms with van der Waals surface area (Å²) in [6, 6.07) is 9.54. The van der Waals surface area contributed by atoms with Gasteiger partial charge in [0.1, 0.15) is 6.61 Å². The molecule has 1 aromatic carbocycles. The van der Waals surface area contributed by atoms with E-state index in [-0.39, 0.29) is 6.61 Å². The third kappa shape index (κ3) is 7.01. The van der Waals surface area contributed by atoms with E-state index in [1.807, 2.05) is 30.3 Å². The van der Waals surface area contributed by atoms with E-state index < -0.39 is 6.04 Å². The molecule has 0 bridgehead atoms. The molecule has 1 rings (SSSR count). The number of nitrogens with zero attached hydrogens (tertiary/aromatic N) is 1. The maximum absolute atomic E-state index is 8.62. The largest absolute Gasteiger partial charge is 0.396 e. The number of hydrogen-bond acceptors (Lipinski definition) is 5. The van der Waals surface area contributed by atoms with E-state index in [0.29, 0.717) is 19.8 Å². The zero-order valence-electron chi connectivity index (χ0n) is 10.4. The Morgan fingerprint density at radius 2 is 2.06 bits per heavy atom. The lowest BCUT2D eigenvalue weighted by molar-refractivity contribution is 0.0787. The molecule has 0 aliphatic carbocycles. The monoisotopic (exact) mass is 252 g/mol. The van der Waals surface area contributed by atoms with Crippen molar-refractivity contribution in [3.8, 4) is 0 Å². The lowest BCUT2D eigenvalue weighted by atomic mass is 10.2. The van der Waals surface area contributed by atoms with Gasteiger partial charge in [-0.25, -0.2) is 0 Å². The van der Waals surface area contributed by atoms with Crippen molar-refractivity contribution in [3.63, 3.8) is 0 Å². The maximum Gasteiger partial charge on any atom is 0.119 e. The highest BCUT2D eigenvalue weighted by Crippen LogP contribution is 2.00. The number of aliphatic hydroxyl groups excluding tert-OH is 1. The predicted molar refractivity (Wildman–Crippen MR) is 70.2 cm³/mol. The average molecular weight is 252 g/mol. The van der Waals surface area contributed by atoms with Gasteiger partial charge in [-0.05, 0) is 5.56 Å². The quantitative estimate of drug-likeness (QED) is 0.389. The summed E-state index contributed by atoms with van der Waals surface area (Å²) >= 11 is 0. The SMILES string of the molecule is NC(/C=N/OCCCOCc1ccccc1)CO. The molecular formula is C13H20N2O3. The zero-order valence-corrected chi connectivity index (χ0v) is 10.4. The highest BCUT2D eigenvalue weighted by Gasteiger charge is 1.94. The summed E-state index contributed by atoms with van der Waals surface area (Å²) in [5.74, 6) is 0. The topological polar surface area (TPSA) is 77.1 Å². The second-order valence-corrected chi connectivity index (χ2v) is 3.83. The van der Waals surface area contributed by atoms with E-state index >= 15 is 0 Å². The molecule has 0 saturated carbocycles. The van der Waals surface area contributed by atoms with Gasteiger partial charge in [0.25, 0.3) is 0 Å². The Bertz CT molecular complexity index is 330. The Kier molecular flexibility index (Phi) is 7.79. The van der Waals surface area contributed by atoms with Crippen LogP contribution in [0.25, 0.3) is 0 Å². The summed E-state index contributed by atoms with van der Waals surface area (Å²) in [6.45, 7) is 1.58. The number of benzene rings is 1. The van der Waals surface area contributed by atoms with E-state index in [1.165, 1.54) is 6.21 Å². The molecule has 0 aromatic heterocycles. The molecule has 5 nitrogen and oxygen atoms in total. The first-order valence-corrected chi connectivity index (χ1v) is 5.96. The van der Waals surface area contributed by atoms with E-state index in [1.54, 1.807) is 0 Å². The minimum Gasteiger partial charge on any atom is -0.396 e. The summed E-state index contributed by atoms with van der Waals surface area (Å²) in [4.78, 5) is 4.96. The Morgan fingerprint density at radius 1 is 1.28 bits per heavy atom.